The van der Waals surface area contributed by atoms with Crippen LogP contribution in [0.3, 0.4) is 0 Å². The van der Waals surface area contributed by atoms with E-state index in [0.717, 1.165) is 6.07 Å². The van der Waals surface area contributed by atoms with Gasteiger partial charge in [-0.1, -0.05) is 0 Å². The van der Waals surface area contributed by atoms with Crippen LogP contribution in [0, 0.1) is 18.3 Å². The van der Waals surface area contributed by atoms with Crippen LogP contribution in [0.5, 0.6) is 5.75 Å². The number of fused-ring (bicyclic) bond motifs is 1. The maximum atomic E-state index is 12.4. The molecular weight excluding hydrogens is 353 g/mol. The molecule has 0 bridgehead atoms. The lowest BCUT2D eigenvalue weighted by molar-refractivity contribution is -0.274. The van der Waals surface area contributed by atoms with Gasteiger partial charge in [0, 0.05) is 30.4 Å². The van der Waals surface area contributed by atoms with E-state index in [1.165, 1.54) is 6.07 Å². The molecule has 3 heterocycles. The standard InChI is InChI=1S/C15H11F3N6O2/c1-7-9(12(20-2)13-14(21-7)24-26-23-13)5-8-3-4-11(10(6-19)22-8)25-15(16,17)18/h3-4,20H,5H2,1-2H3. The number of ether oxygens (including phenoxy) is 1. The molecule has 8 nitrogen and oxygen atoms in total. The molecule has 0 spiro atoms. The van der Waals surface area contributed by atoms with E-state index in [1.807, 2.05) is 0 Å². The van der Waals surface area contributed by atoms with Crippen LogP contribution >= 0.6 is 0 Å². The number of nitriles is 1. The highest BCUT2D eigenvalue weighted by Crippen LogP contribution is 2.29. The average molecular weight is 364 g/mol. The van der Waals surface area contributed by atoms with Crippen molar-refractivity contribution in [2.75, 3.05) is 12.4 Å². The SMILES string of the molecule is CNc1c(Cc2ccc(OC(F)(F)F)c(C#N)n2)c(C)nc2nonc12. The van der Waals surface area contributed by atoms with E-state index >= 15 is 0 Å². The number of aromatic nitrogens is 4. The molecule has 134 valence electrons. The summed E-state index contributed by atoms with van der Waals surface area (Å²) < 4.78 is 45.6. The van der Waals surface area contributed by atoms with Gasteiger partial charge in [-0.2, -0.15) is 5.26 Å². The number of hydrogen-bond acceptors (Lipinski definition) is 8. The molecule has 26 heavy (non-hydrogen) atoms. The third kappa shape index (κ3) is 3.34. The van der Waals surface area contributed by atoms with Crippen molar-refractivity contribution >= 4 is 16.9 Å². The number of anilines is 1. The summed E-state index contributed by atoms with van der Waals surface area (Å²) in [6.45, 7) is 1.75. The minimum atomic E-state index is -4.90. The first-order chi connectivity index (χ1) is 12.3. The number of rotatable bonds is 4. The highest BCUT2D eigenvalue weighted by Gasteiger charge is 2.32. The maximum Gasteiger partial charge on any atom is 0.573 e. The van der Waals surface area contributed by atoms with Crippen molar-refractivity contribution in [1.29, 1.82) is 5.26 Å². The van der Waals surface area contributed by atoms with Gasteiger partial charge in [-0.25, -0.2) is 14.6 Å². The minimum Gasteiger partial charge on any atom is -0.403 e. The van der Waals surface area contributed by atoms with Gasteiger partial charge in [0.05, 0.1) is 5.69 Å². The Hall–Kier alpha value is -3.42. The van der Waals surface area contributed by atoms with E-state index in [-0.39, 0.29) is 6.42 Å². The first-order valence-corrected chi connectivity index (χ1v) is 7.27. The Kier molecular flexibility index (Phi) is 4.33. The zero-order chi connectivity index (χ0) is 18.9. The van der Waals surface area contributed by atoms with Gasteiger partial charge in [-0.05, 0) is 29.4 Å². The van der Waals surface area contributed by atoms with E-state index in [9.17, 15) is 13.2 Å². The predicted molar refractivity (Wildman–Crippen MR) is 82.3 cm³/mol. The van der Waals surface area contributed by atoms with Gasteiger partial charge >= 0.3 is 6.36 Å². The summed E-state index contributed by atoms with van der Waals surface area (Å²) in [5.41, 5.74) is 2.60. The number of pyridine rings is 2. The molecule has 0 fully saturated rings. The van der Waals surface area contributed by atoms with Gasteiger partial charge in [0.15, 0.2) is 17.0 Å². The summed E-state index contributed by atoms with van der Waals surface area (Å²) in [5, 5.41) is 19.5. The molecule has 0 radical (unpaired) electrons. The van der Waals surface area contributed by atoms with E-state index in [2.05, 4.69) is 35.0 Å². The first-order valence-electron chi connectivity index (χ1n) is 7.27. The van der Waals surface area contributed by atoms with Crippen molar-refractivity contribution in [3.8, 4) is 11.8 Å². The van der Waals surface area contributed by atoms with Gasteiger partial charge in [0.2, 0.25) is 5.65 Å². The van der Waals surface area contributed by atoms with Crippen molar-refractivity contribution in [1.82, 2.24) is 20.3 Å². The summed E-state index contributed by atoms with van der Waals surface area (Å²) >= 11 is 0. The molecule has 0 aliphatic heterocycles. The molecular formula is C15H11F3N6O2. The smallest absolute Gasteiger partial charge is 0.403 e. The van der Waals surface area contributed by atoms with Crippen LogP contribution in [0.4, 0.5) is 18.9 Å². The zero-order valence-corrected chi connectivity index (χ0v) is 13.5. The van der Waals surface area contributed by atoms with Gasteiger partial charge in [0.1, 0.15) is 6.07 Å². The largest absolute Gasteiger partial charge is 0.573 e. The second-order valence-electron chi connectivity index (χ2n) is 5.22. The Bertz CT molecular complexity index is 1010. The Morgan fingerprint density at radius 3 is 2.69 bits per heavy atom. The van der Waals surface area contributed by atoms with Crippen molar-refractivity contribution in [2.45, 2.75) is 19.7 Å². The summed E-state index contributed by atoms with van der Waals surface area (Å²) in [6.07, 6.45) is -4.70. The minimum absolute atomic E-state index is 0.207. The lowest BCUT2D eigenvalue weighted by atomic mass is 10.0. The average Bonchev–Trinajstić information content (AvgIpc) is 3.03. The number of alkyl halides is 3. The first kappa shape index (κ1) is 17.4. The molecule has 1 N–H and O–H groups in total. The van der Waals surface area contributed by atoms with Crippen LogP contribution in [-0.4, -0.2) is 33.7 Å². The lowest BCUT2D eigenvalue weighted by Gasteiger charge is -2.13. The molecule has 0 aromatic carbocycles. The Balaban J connectivity index is 2.01. The van der Waals surface area contributed by atoms with E-state index in [0.29, 0.717) is 33.8 Å². The summed E-state index contributed by atoms with van der Waals surface area (Å²) in [5.74, 6) is -0.649. The Labute approximate surface area is 144 Å². The van der Waals surface area contributed by atoms with E-state index in [4.69, 9.17) is 5.26 Å². The molecule has 0 aliphatic carbocycles. The second-order valence-corrected chi connectivity index (χ2v) is 5.22. The third-order valence-electron chi connectivity index (χ3n) is 3.58. The molecule has 0 aliphatic rings. The van der Waals surface area contributed by atoms with Gasteiger partial charge in [-0.15, -0.1) is 13.2 Å². The molecule has 11 heteroatoms. The molecule has 3 rings (SSSR count). The van der Waals surface area contributed by atoms with Crippen molar-refractivity contribution in [2.24, 2.45) is 0 Å². The van der Waals surface area contributed by atoms with Gasteiger partial charge in [0.25, 0.3) is 0 Å². The maximum absolute atomic E-state index is 12.4. The fraction of sp³-hybridized carbons (Fsp3) is 0.267. The molecule has 0 atom stereocenters. The van der Waals surface area contributed by atoms with Crippen molar-refractivity contribution < 1.29 is 22.5 Å². The number of aryl methyl sites for hydroxylation is 1. The highest BCUT2D eigenvalue weighted by molar-refractivity contribution is 5.87. The van der Waals surface area contributed by atoms with Crippen LogP contribution in [0.1, 0.15) is 22.6 Å². The molecule has 3 aromatic rings. The fourth-order valence-corrected chi connectivity index (χ4v) is 2.50. The predicted octanol–water partition coefficient (Wildman–Crippen LogP) is 2.72. The zero-order valence-electron chi connectivity index (χ0n) is 13.5. The quantitative estimate of drug-likeness (QED) is 0.752. The van der Waals surface area contributed by atoms with Crippen molar-refractivity contribution in [3.05, 3.63) is 34.8 Å². The summed E-state index contributed by atoms with van der Waals surface area (Å²) in [6, 6.07) is 4.02. The molecule has 3 aromatic heterocycles. The Morgan fingerprint density at radius 1 is 1.27 bits per heavy atom. The second kappa shape index (κ2) is 6.47. The van der Waals surface area contributed by atoms with Crippen molar-refractivity contribution in [3.63, 3.8) is 0 Å². The molecule has 0 amide bonds. The van der Waals surface area contributed by atoms with Gasteiger partial charge in [-0.3, -0.25) is 0 Å². The third-order valence-corrected chi connectivity index (χ3v) is 3.58. The molecule has 0 saturated heterocycles. The van der Waals surface area contributed by atoms with Gasteiger partial charge < -0.3 is 10.1 Å². The highest BCUT2D eigenvalue weighted by atomic mass is 19.4. The fourth-order valence-electron chi connectivity index (χ4n) is 2.50. The molecule has 0 saturated carbocycles. The van der Waals surface area contributed by atoms with E-state index < -0.39 is 17.8 Å². The van der Waals surface area contributed by atoms with Crippen LogP contribution < -0.4 is 10.1 Å². The van der Waals surface area contributed by atoms with Crippen LogP contribution in [0.2, 0.25) is 0 Å². The lowest BCUT2D eigenvalue weighted by Crippen LogP contribution is -2.18. The number of hydrogen-bond donors (Lipinski definition) is 1. The Morgan fingerprint density at radius 2 is 2.04 bits per heavy atom. The summed E-state index contributed by atoms with van der Waals surface area (Å²) in [4.78, 5) is 8.23. The number of nitrogens with zero attached hydrogens (tertiary/aromatic N) is 5. The van der Waals surface area contributed by atoms with Crippen LogP contribution in [0.15, 0.2) is 16.8 Å². The number of nitrogens with one attached hydrogen (secondary N) is 1. The van der Waals surface area contributed by atoms with Crippen LogP contribution in [0.25, 0.3) is 11.2 Å². The topological polar surface area (TPSA) is 110 Å². The van der Waals surface area contributed by atoms with Crippen LogP contribution in [-0.2, 0) is 6.42 Å². The monoisotopic (exact) mass is 364 g/mol. The van der Waals surface area contributed by atoms with E-state index in [1.54, 1.807) is 20.0 Å². The molecule has 0 unspecified atom stereocenters. The number of halogens is 3. The normalized spacial score (nSPS) is 11.4. The summed E-state index contributed by atoms with van der Waals surface area (Å²) in [7, 11) is 1.68.